The molecule has 0 atom stereocenters. The first-order valence-electron chi connectivity index (χ1n) is 6.80. The van der Waals surface area contributed by atoms with Crippen LogP contribution in [0.3, 0.4) is 0 Å². The Hall–Kier alpha value is -3.41. The Morgan fingerprint density at radius 2 is 1.70 bits per heavy atom. The third kappa shape index (κ3) is 2.69. The van der Waals surface area contributed by atoms with Crippen LogP contribution >= 0.6 is 0 Å². The van der Waals surface area contributed by atoms with Crippen molar-refractivity contribution in [3.05, 3.63) is 65.2 Å². The van der Waals surface area contributed by atoms with Crippen LogP contribution in [0.5, 0.6) is 5.88 Å². The van der Waals surface area contributed by atoms with Crippen molar-refractivity contribution in [2.75, 3.05) is 0 Å². The van der Waals surface area contributed by atoms with Gasteiger partial charge in [0.25, 0.3) is 11.8 Å². The molecule has 6 nitrogen and oxygen atoms in total. The number of hydrogen-bond acceptors (Lipinski definition) is 4. The number of aldehydes is 1. The number of carbonyl (C=O) groups is 3. The molecule has 0 radical (unpaired) electrons. The Morgan fingerprint density at radius 1 is 1.00 bits per heavy atom. The smallest absolute Gasteiger partial charge is 0.258 e. The van der Waals surface area contributed by atoms with Gasteiger partial charge in [-0.3, -0.25) is 19.7 Å². The summed E-state index contributed by atoms with van der Waals surface area (Å²) < 4.78 is 0. The molecule has 23 heavy (non-hydrogen) atoms. The van der Waals surface area contributed by atoms with Gasteiger partial charge in [0.05, 0.1) is 5.56 Å². The molecule has 0 saturated carbocycles. The van der Waals surface area contributed by atoms with E-state index in [1.54, 1.807) is 30.3 Å². The fourth-order valence-corrected chi connectivity index (χ4v) is 2.30. The van der Waals surface area contributed by atoms with E-state index in [0.29, 0.717) is 22.8 Å². The molecule has 0 aliphatic carbocycles. The second-order valence-corrected chi connectivity index (χ2v) is 4.91. The molecule has 0 spiro atoms. The molecule has 1 aromatic heterocycles. The molecule has 0 unspecified atom stereocenters. The molecule has 3 N–H and O–H groups in total. The van der Waals surface area contributed by atoms with Gasteiger partial charge in [-0.05, 0) is 24.3 Å². The number of H-pyrrole nitrogens is 1. The summed E-state index contributed by atoms with van der Waals surface area (Å²) in [6.07, 6.45) is 0.535. The molecule has 3 aromatic rings. The summed E-state index contributed by atoms with van der Waals surface area (Å²) in [4.78, 5) is 37.7. The molecule has 0 aliphatic heterocycles. The predicted molar refractivity (Wildman–Crippen MR) is 83.6 cm³/mol. The van der Waals surface area contributed by atoms with Gasteiger partial charge in [0.2, 0.25) is 0 Å². The van der Waals surface area contributed by atoms with Crippen molar-refractivity contribution in [1.82, 2.24) is 10.3 Å². The van der Waals surface area contributed by atoms with Crippen LogP contribution in [0.25, 0.3) is 10.9 Å². The number of amides is 2. The number of nitrogens with one attached hydrogen (secondary N) is 2. The third-order valence-corrected chi connectivity index (χ3v) is 3.46. The summed E-state index contributed by atoms with van der Waals surface area (Å²) in [5.41, 5.74) is 1.18. The Balaban J connectivity index is 1.87. The minimum absolute atomic E-state index is 0.132. The van der Waals surface area contributed by atoms with Crippen LogP contribution < -0.4 is 5.32 Å². The molecule has 2 amide bonds. The van der Waals surface area contributed by atoms with E-state index < -0.39 is 11.8 Å². The number of hydrogen-bond donors (Lipinski definition) is 3. The standard InChI is InChI=1S/C17H12N2O4/c20-9-13-12-7-6-11(8-14(12)18-17(13)23)16(22)19-15(21)10-4-2-1-3-5-10/h1-9,18,23H,(H,19,21,22). The van der Waals surface area contributed by atoms with Crippen molar-refractivity contribution in [3.63, 3.8) is 0 Å². The lowest BCUT2D eigenvalue weighted by Gasteiger charge is -2.04. The molecule has 2 aromatic carbocycles. The quantitative estimate of drug-likeness (QED) is 0.510. The molecule has 114 valence electrons. The highest BCUT2D eigenvalue weighted by molar-refractivity contribution is 6.12. The molecular formula is C17H12N2O4. The van der Waals surface area contributed by atoms with Crippen molar-refractivity contribution >= 4 is 29.0 Å². The minimum Gasteiger partial charge on any atom is -0.494 e. The van der Waals surface area contributed by atoms with Crippen molar-refractivity contribution in [3.8, 4) is 5.88 Å². The van der Waals surface area contributed by atoms with E-state index in [1.165, 1.54) is 18.2 Å². The van der Waals surface area contributed by atoms with Crippen molar-refractivity contribution < 1.29 is 19.5 Å². The highest BCUT2D eigenvalue weighted by Crippen LogP contribution is 2.26. The van der Waals surface area contributed by atoms with E-state index in [0.717, 1.165) is 0 Å². The number of aromatic amines is 1. The van der Waals surface area contributed by atoms with Gasteiger partial charge in [0.15, 0.2) is 12.2 Å². The van der Waals surface area contributed by atoms with E-state index in [1.807, 2.05) is 0 Å². The minimum atomic E-state index is -0.567. The van der Waals surface area contributed by atoms with Crippen molar-refractivity contribution in [2.45, 2.75) is 0 Å². The maximum atomic E-state index is 12.2. The summed E-state index contributed by atoms with van der Waals surface area (Å²) in [7, 11) is 0. The summed E-state index contributed by atoms with van der Waals surface area (Å²) in [5.74, 6) is -1.32. The lowest BCUT2D eigenvalue weighted by atomic mass is 10.1. The zero-order chi connectivity index (χ0) is 16.4. The number of aromatic nitrogens is 1. The van der Waals surface area contributed by atoms with Crippen molar-refractivity contribution in [2.24, 2.45) is 0 Å². The molecule has 1 heterocycles. The van der Waals surface area contributed by atoms with Crippen LogP contribution in [0.15, 0.2) is 48.5 Å². The monoisotopic (exact) mass is 308 g/mol. The van der Waals surface area contributed by atoms with Gasteiger partial charge < -0.3 is 10.1 Å². The second kappa shape index (κ2) is 5.76. The van der Waals surface area contributed by atoms with Gasteiger partial charge in [-0.2, -0.15) is 0 Å². The zero-order valence-corrected chi connectivity index (χ0v) is 11.9. The highest BCUT2D eigenvalue weighted by atomic mass is 16.3. The SMILES string of the molecule is O=Cc1c(O)[nH]c2cc(C(=O)NC(=O)c3ccccc3)ccc12. The van der Waals surface area contributed by atoms with Crippen LogP contribution in [0, 0.1) is 0 Å². The Morgan fingerprint density at radius 3 is 2.39 bits per heavy atom. The molecule has 0 bridgehead atoms. The van der Waals surface area contributed by atoms with E-state index >= 15 is 0 Å². The lowest BCUT2D eigenvalue weighted by molar-refractivity contribution is 0.0849. The molecule has 0 aliphatic rings. The second-order valence-electron chi connectivity index (χ2n) is 4.91. The summed E-state index contributed by atoms with van der Waals surface area (Å²) in [5, 5.41) is 12.4. The number of carbonyl (C=O) groups excluding carboxylic acids is 3. The van der Waals surface area contributed by atoms with E-state index in [9.17, 15) is 19.5 Å². The molecule has 0 saturated heterocycles. The highest BCUT2D eigenvalue weighted by Gasteiger charge is 2.15. The Bertz CT molecular complexity index is 913. The van der Waals surface area contributed by atoms with Gasteiger partial charge in [-0.25, -0.2) is 0 Å². The first-order chi connectivity index (χ1) is 11.1. The molecule has 6 heteroatoms. The van der Waals surface area contributed by atoms with Gasteiger partial charge in [0, 0.05) is 22.0 Å². The number of fused-ring (bicyclic) bond motifs is 1. The van der Waals surface area contributed by atoms with E-state index in [2.05, 4.69) is 10.3 Å². The van der Waals surface area contributed by atoms with Crippen LogP contribution in [0.2, 0.25) is 0 Å². The average molecular weight is 308 g/mol. The predicted octanol–water partition coefficient (Wildman–Crippen LogP) is 2.26. The Labute approximate surface area is 130 Å². The van der Waals surface area contributed by atoms with Gasteiger partial charge in [-0.15, -0.1) is 0 Å². The fraction of sp³-hybridized carbons (Fsp3) is 0. The number of aromatic hydroxyl groups is 1. The lowest BCUT2D eigenvalue weighted by Crippen LogP contribution is -2.30. The molecule has 3 rings (SSSR count). The summed E-state index contributed by atoms with van der Waals surface area (Å²) in [6, 6.07) is 12.9. The molecular weight excluding hydrogens is 296 g/mol. The van der Waals surface area contributed by atoms with Crippen molar-refractivity contribution in [1.29, 1.82) is 0 Å². The first kappa shape index (κ1) is 14.5. The van der Waals surface area contributed by atoms with E-state index in [4.69, 9.17) is 0 Å². The maximum Gasteiger partial charge on any atom is 0.258 e. The Kier molecular flexibility index (Phi) is 3.64. The number of imide groups is 1. The topological polar surface area (TPSA) is 99.3 Å². The largest absolute Gasteiger partial charge is 0.494 e. The molecule has 0 fully saturated rings. The average Bonchev–Trinajstić information content (AvgIpc) is 2.89. The first-order valence-corrected chi connectivity index (χ1v) is 6.80. The third-order valence-electron chi connectivity index (χ3n) is 3.46. The maximum absolute atomic E-state index is 12.2. The van der Waals surface area contributed by atoms with Crippen LogP contribution in [0.1, 0.15) is 31.1 Å². The van der Waals surface area contributed by atoms with Gasteiger partial charge in [-0.1, -0.05) is 24.3 Å². The number of benzene rings is 2. The van der Waals surface area contributed by atoms with Crippen LogP contribution in [0.4, 0.5) is 0 Å². The zero-order valence-electron chi connectivity index (χ0n) is 11.9. The normalized spacial score (nSPS) is 10.4. The summed E-state index contributed by atoms with van der Waals surface area (Å²) in [6.45, 7) is 0. The van der Waals surface area contributed by atoms with E-state index in [-0.39, 0.29) is 17.0 Å². The number of rotatable bonds is 3. The van der Waals surface area contributed by atoms with Gasteiger partial charge in [0.1, 0.15) is 0 Å². The van der Waals surface area contributed by atoms with Crippen LogP contribution in [-0.2, 0) is 0 Å². The summed E-state index contributed by atoms with van der Waals surface area (Å²) >= 11 is 0. The van der Waals surface area contributed by atoms with Crippen LogP contribution in [-0.4, -0.2) is 28.2 Å². The van der Waals surface area contributed by atoms with Gasteiger partial charge >= 0.3 is 0 Å². The fourth-order valence-electron chi connectivity index (χ4n) is 2.30.